The summed E-state index contributed by atoms with van der Waals surface area (Å²) >= 11 is 4.10. The van der Waals surface area contributed by atoms with Crippen LogP contribution in [0.3, 0.4) is 0 Å². The Kier molecular flexibility index (Phi) is 5.72. The van der Waals surface area contributed by atoms with Crippen molar-refractivity contribution in [2.75, 3.05) is 55.8 Å². The highest BCUT2D eigenvalue weighted by atomic mass is 32.2. The molecule has 1 aromatic heterocycles. The molecule has 10 heteroatoms. The minimum absolute atomic E-state index is 0.134. The summed E-state index contributed by atoms with van der Waals surface area (Å²) in [6, 6.07) is 0.602. The largest absolute Gasteiger partial charge is 0.396 e. The lowest BCUT2D eigenvalue weighted by Gasteiger charge is -2.31. The zero-order valence-electron chi connectivity index (χ0n) is 14.9. The smallest absolute Gasteiger partial charge is 0.224 e. The Balaban J connectivity index is 1.35. The zero-order valence-corrected chi connectivity index (χ0v) is 16.5. The lowest BCUT2D eigenvalue weighted by atomic mass is 9.82. The number of thioether (sulfide) groups is 2. The van der Waals surface area contributed by atoms with Crippen LogP contribution in [-0.2, 0) is 11.3 Å². The number of aliphatic hydroxyl groups is 1. The van der Waals surface area contributed by atoms with Crippen LogP contribution >= 0.6 is 23.5 Å². The van der Waals surface area contributed by atoms with Gasteiger partial charge in [-0.2, -0.15) is 23.5 Å². The molecule has 0 radical (unpaired) electrons. The number of carbonyl (C=O) groups excluding carboxylic acids is 1. The van der Waals surface area contributed by atoms with Gasteiger partial charge in [0.05, 0.1) is 13.2 Å². The van der Waals surface area contributed by atoms with Crippen LogP contribution in [0.4, 0.5) is 0 Å². The molecule has 3 fully saturated rings. The fraction of sp³-hybridized carbons (Fsp3) is 0.875. The van der Waals surface area contributed by atoms with E-state index >= 15 is 0 Å². The Morgan fingerprint density at radius 1 is 1.23 bits per heavy atom. The molecule has 26 heavy (non-hydrogen) atoms. The normalized spacial score (nSPS) is 30.5. The van der Waals surface area contributed by atoms with E-state index in [0.29, 0.717) is 31.5 Å². The Hall–Kier alpha value is -0.840. The number of nitrogens with zero attached hydrogens (tertiary/aromatic N) is 6. The van der Waals surface area contributed by atoms with Gasteiger partial charge in [0.15, 0.2) is 0 Å². The van der Waals surface area contributed by atoms with Gasteiger partial charge in [0.1, 0.15) is 6.33 Å². The molecule has 1 amide bonds. The van der Waals surface area contributed by atoms with Crippen molar-refractivity contribution in [2.45, 2.75) is 19.0 Å². The molecule has 0 bridgehead atoms. The fourth-order valence-electron chi connectivity index (χ4n) is 4.38. The molecule has 3 saturated heterocycles. The van der Waals surface area contributed by atoms with E-state index < -0.39 is 0 Å². The van der Waals surface area contributed by atoms with Gasteiger partial charge in [-0.25, -0.2) is 4.68 Å². The molecule has 0 saturated carbocycles. The van der Waals surface area contributed by atoms with E-state index in [1.54, 1.807) is 4.68 Å². The first-order valence-electron chi connectivity index (χ1n) is 9.19. The third-order valence-corrected chi connectivity index (χ3v) is 8.39. The van der Waals surface area contributed by atoms with Crippen molar-refractivity contribution in [1.29, 1.82) is 0 Å². The average molecular weight is 399 g/mol. The highest BCUT2D eigenvalue weighted by molar-refractivity contribution is 8.03. The van der Waals surface area contributed by atoms with Crippen LogP contribution in [0, 0.1) is 11.3 Å². The van der Waals surface area contributed by atoms with Crippen LogP contribution in [0.15, 0.2) is 6.33 Å². The first kappa shape index (κ1) is 18.5. The highest BCUT2D eigenvalue weighted by Crippen LogP contribution is 2.43. The summed E-state index contributed by atoms with van der Waals surface area (Å²) in [7, 11) is 0. The number of likely N-dealkylation sites (tertiary alicyclic amines) is 2. The van der Waals surface area contributed by atoms with Crippen LogP contribution < -0.4 is 0 Å². The first-order valence-corrected chi connectivity index (χ1v) is 11.5. The molecule has 4 rings (SSSR count). The Morgan fingerprint density at radius 3 is 2.69 bits per heavy atom. The van der Waals surface area contributed by atoms with Crippen molar-refractivity contribution in [1.82, 2.24) is 30.0 Å². The number of rotatable bonds is 5. The van der Waals surface area contributed by atoms with Gasteiger partial charge in [-0.15, -0.1) is 5.10 Å². The third kappa shape index (κ3) is 3.74. The van der Waals surface area contributed by atoms with Gasteiger partial charge >= 0.3 is 0 Å². The molecule has 1 aromatic rings. The number of aromatic nitrogens is 4. The second-order valence-corrected chi connectivity index (χ2v) is 9.85. The number of aliphatic hydroxyl groups excluding tert-OH is 1. The molecule has 8 nitrogen and oxygen atoms in total. The van der Waals surface area contributed by atoms with E-state index in [1.807, 2.05) is 28.4 Å². The van der Waals surface area contributed by atoms with E-state index in [4.69, 9.17) is 0 Å². The molecule has 3 aliphatic rings. The van der Waals surface area contributed by atoms with E-state index in [0.717, 1.165) is 19.6 Å². The van der Waals surface area contributed by atoms with E-state index in [-0.39, 0.29) is 17.9 Å². The van der Waals surface area contributed by atoms with E-state index in [1.165, 1.54) is 29.3 Å². The second kappa shape index (κ2) is 8.04. The van der Waals surface area contributed by atoms with Crippen molar-refractivity contribution in [2.24, 2.45) is 11.3 Å². The third-order valence-electron chi connectivity index (χ3n) is 5.91. The van der Waals surface area contributed by atoms with Crippen LogP contribution in [-0.4, -0.2) is 103 Å². The number of fused-ring (bicyclic) bond motifs is 1. The molecule has 0 aliphatic carbocycles. The summed E-state index contributed by atoms with van der Waals surface area (Å²) in [6.07, 6.45) is 1.93. The fourth-order valence-corrected chi connectivity index (χ4v) is 7.01. The second-order valence-electron chi connectivity index (χ2n) is 7.55. The Labute approximate surface area is 162 Å². The highest BCUT2D eigenvalue weighted by Gasteiger charge is 2.54. The summed E-state index contributed by atoms with van der Waals surface area (Å²) in [4.78, 5) is 17.1. The predicted molar refractivity (Wildman–Crippen MR) is 102 cm³/mol. The topological polar surface area (TPSA) is 87.4 Å². The van der Waals surface area contributed by atoms with Gasteiger partial charge in [-0.3, -0.25) is 9.69 Å². The molecule has 0 spiro atoms. The number of hydrogen-bond acceptors (Lipinski definition) is 8. The minimum atomic E-state index is -0.147. The summed E-state index contributed by atoms with van der Waals surface area (Å²) in [6.45, 7) is 4.02. The number of aryl methyl sites for hydroxylation is 1. The van der Waals surface area contributed by atoms with Gasteiger partial charge in [0.2, 0.25) is 5.91 Å². The molecule has 3 aliphatic heterocycles. The maximum absolute atomic E-state index is 12.6. The van der Waals surface area contributed by atoms with E-state index in [9.17, 15) is 9.90 Å². The van der Waals surface area contributed by atoms with Gasteiger partial charge < -0.3 is 10.0 Å². The quantitative estimate of drug-likeness (QED) is 0.721. The molecule has 2 atom stereocenters. The minimum Gasteiger partial charge on any atom is -0.396 e. The summed E-state index contributed by atoms with van der Waals surface area (Å²) in [5, 5.41) is 21.2. The molecule has 4 heterocycles. The maximum atomic E-state index is 12.6. The Morgan fingerprint density at radius 2 is 2.04 bits per heavy atom. The van der Waals surface area contributed by atoms with Crippen molar-refractivity contribution < 1.29 is 9.90 Å². The SMILES string of the molecule is O=C(CCn1cnnn1)N1CC2CN(C3CSCCSC3)CC2(CO)C1. The van der Waals surface area contributed by atoms with Crippen LogP contribution in [0.25, 0.3) is 0 Å². The molecule has 2 unspecified atom stereocenters. The summed E-state index contributed by atoms with van der Waals surface area (Å²) < 4.78 is 1.58. The number of tetrazole rings is 1. The van der Waals surface area contributed by atoms with Crippen LogP contribution in [0.5, 0.6) is 0 Å². The maximum Gasteiger partial charge on any atom is 0.224 e. The standard InChI is InChI=1S/C16H26N6O2S2/c23-11-16-9-20(14-7-25-3-4-26-8-14)5-13(16)6-21(10-16)15(24)1-2-22-12-17-18-19-22/h12-14,23H,1-11H2. The lowest BCUT2D eigenvalue weighted by molar-refractivity contribution is -0.131. The lowest BCUT2D eigenvalue weighted by Crippen LogP contribution is -2.43. The Bertz CT molecular complexity index is 610. The average Bonchev–Trinajstić information content (AvgIpc) is 3.30. The number of amides is 1. The van der Waals surface area contributed by atoms with Crippen molar-refractivity contribution >= 4 is 29.4 Å². The zero-order chi connectivity index (χ0) is 18.0. The number of carbonyl (C=O) groups is 1. The summed E-state index contributed by atoms with van der Waals surface area (Å²) in [5.41, 5.74) is -0.147. The summed E-state index contributed by atoms with van der Waals surface area (Å²) in [5.74, 6) is 5.38. The molecular formula is C16H26N6O2S2. The van der Waals surface area contributed by atoms with Crippen LogP contribution in [0.2, 0.25) is 0 Å². The predicted octanol–water partition coefficient (Wildman–Crippen LogP) is -0.335. The van der Waals surface area contributed by atoms with Gasteiger partial charge in [-0.05, 0) is 16.3 Å². The van der Waals surface area contributed by atoms with Crippen molar-refractivity contribution in [3.8, 4) is 0 Å². The monoisotopic (exact) mass is 398 g/mol. The number of hydrogen-bond donors (Lipinski definition) is 1. The van der Waals surface area contributed by atoms with Crippen LogP contribution in [0.1, 0.15) is 6.42 Å². The van der Waals surface area contributed by atoms with E-state index in [2.05, 4.69) is 20.4 Å². The first-order chi connectivity index (χ1) is 12.7. The van der Waals surface area contributed by atoms with Crippen molar-refractivity contribution in [3.05, 3.63) is 6.33 Å². The van der Waals surface area contributed by atoms with Crippen molar-refractivity contribution in [3.63, 3.8) is 0 Å². The molecule has 144 valence electrons. The molecule has 1 N–H and O–H groups in total. The molecule has 0 aromatic carbocycles. The van der Waals surface area contributed by atoms with Gasteiger partial charge in [-0.1, -0.05) is 0 Å². The molecular weight excluding hydrogens is 372 g/mol. The van der Waals surface area contributed by atoms with Gasteiger partial charge in [0, 0.05) is 67.1 Å². The van der Waals surface area contributed by atoms with Gasteiger partial charge in [0.25, 0.3) is 0 Å².